The molecule has 2 aromatic carbocycles. The summed E-state index contributed by atoms with van der Waals surface area (Å²) in [5.41, 5.74) is 8.31. The average molecular weight is 339 g/mol. The van der Waals surface area contributed by atoms with Crippen LogP contribution in [0.15, 0.2) is 47.0 Å². The van der Waals surface area contributed by atoms with Crippen molar-refractivity contribution in [3.63, 3.8) is 0 Å². The second-order valence-electron chi connectivity index (χ2n) is 5.86. The SMILES string of the molecule is COc1cc(-c2nc(-c3ccc(CN)cc3)no2)ccc1OC(C)C. The lowest BCUT2D eigenvalue weighted by Crippen LogP contribution is -2.06. The first-order valence-electron chi connectivity index (χ1n) is 8.09. The van der Waals surface area contributed by atoms with Crippen molar-refractivity contribution in [2.45, 2.75) is 26.5 Å². The molecule has 0 bridgehead atoms. The van der Waals surface area contributed by atoms with E-state index in [1.165, 1.54) is 0 Å². The van der Waals surface area contributed by atoms with Gasteiger partial charge in [0.25, 0.3) is 5.89 Å². The van der Waals surface area contributed by atoms with E-state index in [1.807, 2.05) is 56.3 Å². The summed E-state index contributed by atoms with van der Waals surface area (Å²) in [6.45, 7) is 4.43. The van der Waals surface area contributed by atoms with Gasteiger partial charge in [0, 0.05) is 17.7 Å². The Morgan fingerprint density at radius 3 is 2.40 bits per heavy atom. The predicted octanol–water partition coefficient (Wildman–Crippen LogP) is 3.66. The molecule has 0 aliphatic heterocycles. The number of ether oxygens (including phenoxy) is 2. The third kappa shape index (κ3) is 3.80. The largest absolute Gasteiger partial charge is 0.493 e. The molecule has 1 aromatic heterocycles. The van der Waals surface area contributed by atoms with Gasteiger partial charge < -0.3 is 19.7 Å². The Hall–Kier alpha value is -2.86. The number of aromatic nitrogens is 2. The normalized spacial score (nSPS) is 10.9. The van der Waals surface area contributed by atoms with Gasteiger partial charge in [-0.3, -0.25) is 0 Å². The molecule has 25 heavy (non-hydrogen) atoms. The van der Waals surface area contributed by atoms with Crippen LogP contribution >= 0.6 is 0 Å². The summed E-state index contributed by atoms with van der Waals surface area (Å²) >= 11 is 0. The first-order valence-corrected chi connectivity index (χ1v) is 8.09. The molecule has 6 heteroatoms. The predicted molar refractivity (Wildman–Crippen MR) is 95.4 cm³/mol. The van der Waals surface area contributed by atoms with Gasteiger partial charge in [-0.05, 0) is 37.6 Å². The molecule has 0 radical (unpaired) electrons. The number of hydrogen-bond acceptors (Lipinski definition) is 6. The third-order valence-corrected chi connectivity index (χ3v) is 3.65. The molecule has 0 spiro atoms. The minimum absolute atomic E-state index is 0.0613. The Bertz CT molecular complexity index is 841. The van der Waals surface area contributed by atoms with Gasteiger partial charge in [-0.1, -0.05) is 29.4 Å². The van der Waals surface area contributed by atoms with E-state index in [-0.39, 0.29) is 6.10 Å². The van der Waals surface area contributed by atoms with Crippen molar-refractivity contribution >= 4 is 0 Å². The molecule has 0 saturated heterocycles. The minimum atomic E-state index is 0.0613. The smallest absolute Gasteiger partial charge is 0.258 e. The van der Waals surface area contributed by atoms with Gasteiger partial charge in [0.15, 0.2) is 11.5 Å². The standard InChI is InChI=1S/C19H21N3O3/c1-12(2)24-16-9-8-15(10-17(16)23-3)19-21-18(22-25-19)14-6-4-13(11-20)5-7-14/h4-10,12H,11,20H2,1-3H3. The van der Waals surface area contributed by atoms with E-state index in [1.54, 1.807) is 7.11 Å². The molecule has 0 aliphatic rings. The van der Waals surface area contributed by atoms with E-state index in [2.05, 4.69) is 10.1 Å². The van der Waals surface area contributed by atoms with Crippen LogP contribution in [0.1, 0.15) is 19.4 Å². The molecule has 0 atom stereocenters. The Labute approximate surface area is 146 Å². The number of benzene rings is 2. The summed E-state index contributed by atoms with van der Waals surface area (Å²) < 4.78 is 16.5. The van der Waals surface area contributed by atoms with Crippen LogP contribution in [0.4, 0.5) is 0 Å². The van der Waals surface area contributed by atoms with Gasteiger partial charge in [0.2, 0.25) is 5.82 Å². The summed E-state index contributed by atoms with van der Waals surface area (Å²) in [6, 6.07) is 13.3. The first kappa shape index (κ1) is 17.0. The summed E-state index contributed by atoms with van der Waals surface area (Å²) in [4.78, 5) is 4.47. The molecule has 1 heterocycles. The van der Waals surface area contributed by atoms with Crippen molar-refractivity contribution in [2.75, 3.05) is 7.11 Å². The zero-order chi connectivity index (χ0) is 17.8. The van der Waals surface area contributed by atoms with Crippen molar-refractivity contribution in [1.82, 2.24) is 10.1 Å². The number of hydrogen-bond donors (Lipinski definition) is 1. The van der Waals surface area contributed by atoms with Crippen LogP contribution in [0.5, 0.6) is 11.5 Å². The van der Waals surface area contributed by atoms with Crippen molar-refractivity contribution in [3.8, 4) is 34.3 Å². The molecule has 3 rings (SSSR count). The zero-order valence-electron chi connectivity index (χ0n) is 14.5. The molecule has 2 N–H and O–H groups in total. The summed E-state index contributed by atoms with van der Waals surface area (Å²) in [5, 5.41) is 4.06. The monoisotopic (exact) mass is 339 g/mol. The van der Waals surface area contributed by atoms with Gasteiger partial charge in [0.1, 0.15) is 0 Å². The molecule has 3 aromatic rings. The van der Waals surface area contributed by atoms with Gasteiger partial charge in [-0.2, -0.15) is 4.98 Å². The highest BCUT2D eigenvalue weighted by Crippen LogP contribution is 2.33. The third-order valence-electron chi connectivity index (χ3n) is 3.65. The highest BCUT2D eigenvalue weighted by molar-refractivity contribution is 5.63. The maximum Gasteiger partial charge on any atom is 0.258 e. The van der Waals surface area contributed by atoms with E-state index < -0.39 is 0 Å². The van der Waals surface area contributed by atoms with Crippen LogP contribution in [0.2, 0.25) is 0 Å². The van der Waals surface area contributed by atoms with Crippen molar-refractivity contribution in [2.24, 2.45) is 5.73 Å². The number of rotatable bonds is 6. The molecule has 0 fully saturated rings. The van der Waals surface area contributed by atoms with Gasteiger partial charge in [0.05, 0.1) is 13.2 Å². The molecule has 0 saturated carbocycles. The molecule has 0 unspecified atom stereocenters. The molecular weight excluding hydrogens is 318 g/mol. The van der Waals surface area contributed by atoms with E-state index in [4.69, 9.17) is 19.7 Å². The van der Waals surface area contributed by atoms with Crippen LogP contribution in [-0.4, -0.2) is 23.4 Å². The van der Waals surface area contributed by atoms with Crippen molar-refractivity contribution in [3.05, 3.63) is 48.0 Å². The van der Waals surface area contributed by atoms with E-state index in [9.17, 15) is 0 Å². The lowest BCUT2D eigenvalue weighted by molar-refractivity contribution is 0.230. The highest BCUT2D eigenvalue weighted by Gasteiger charge is 2.14. The van der Waals surface area contributed by atoms with Crippen molar-refractivity contribution in [1.29, 1.82) is 0 Å². The Morgan fingerprint density at radius 1 is 1.04 bits per heavy atom. The summed E-state index contributed by atoms with van der Waals surface area (Å²) in [5.74, 6) is 2.25. The fourth-order valence-corrected chi connectivity index (χ4v) is 2.40. The second kappa shape index (κ2) is 7.36. The number of nitrogens with zero attached hydrogens (tertiary/aromatic N) is 2. The van der Waals surface area contributed by atoms with Gasteiger partial charge >= 0.3 is 0 Å². The van der Waals surface area contributed by atoms with Crippen LogP contribution < -0.4 is 15.2 Å². The van der Waals surface area contributed by atoms with Crippen LogP contribution in [-0.2, 0) is 6.54 Å². The zero-order valence-corrected chi connectivity index (χ0v) is 14.5. The number of nitrogens with two attached hydrogens (primary N) is 1. The summed E-state index contributed by atoms with van der Waals surface area (Å²) in [6.07, 6.45) is 0.0613. The second-order valence-corrected chi connectivity index (χ2v) is 5.86. The van der Waals surface area contributed by atoms with Crippen LogP contribution in [0.25, 0.3) is 22.8 Å². The Morgan fingerprint density at radius 2 is 1.76 bits per heavy atom. The lowest BCUT2D eigenvalue weighted by Gasteiger charge is -2.13. The fraction of sp³-hybridized carbons (Fsp3) is 0.263. The molecule has 6 nitrogen and oxygen atoms in total. The van der Waals surface area contributed by atoms with Gasteiger partial charge in [-0.15, -0.1) is 0 Å². The van der Waals surface area contributed by atoms with E-state index in [0.29, 0.717) is 29.8 Å². The number of methoxy groups -OCH3 is 1. The van der Waals surface area contributed by atoms with E-state index in [0.717, 1.165) is 16.7 Å². The van der Waals surface area contributed by atoms with Crippen LogP contribution in [0.3, 0.4) is 0 Å². The average Bonchev–Trinajstić information content (AvgIpc) is 3.12. The first-order chi connectivity index (χ1) is 12.1. The van der Waals surface area contributed by atoms with Crippen LogP contribution in [0, 0.1) is 0 Å². The van der Waals surface area contributed by atoms with E-state index >= 15 is 0 Å². The Kier molecular flexibility index (Phi) is 5.00. The maximum absolute atomic E-state index is 5.72. The molecule has 0 aliphatic carbocycles. The Balaban J connectivity index is 1.88. The fourth-order valence-electron chi connectivity index (χ4n) is 2.40. The maximum atomic E-state index is 5.72. The quantitative estimate of drug-likeness (QED) is 0.738. The lowest BCUT2D eigenvalue weighted by atomic mass is 10.1. The topological polar surface area (TPSA) is 83.4 Å². The molecule has 130 valence electrons. The molecule has 0 amide bonds. The summed E-state index contributed by atoms with van der Waals surface area (Å²) in [7, 11) is 1.60. The minimum Gasteiger partial charge on any atom is -0.493 e. The highest BCUT2D eigenvalue weighted by atomic mass is 16.5. The van der Waals surface area contributed by atoms with Crippen molar-refractivity contribution < 1.29 is 14.0 Å². The molecular formula is C19H21N3O3. The van der Waals surface area contributed by atoms with Gasteiger partial charge in [-0.25, -0.2) is 0 Å².